The van der Waals surface area contributed by atoms with Crippen molar-refractivity contribution in [3.8, 4) is 0 Å². The van der Waals surface area contributed by atoms with Crippen molar-refractivity contribution in [3.63, 3.8) is 0 Å². The maximum Gasteiger partial charge on any atom is 0.169 e. The van der Waals surface area contributed by atoms with Crippen LogP contribution in [0.15, 0.2) is 60.2 Å². The summed E-state index contributed by atoms with van der Waals surface area (Å²) in [4.78, 5) is 0. The lowest BCUT2D eigenvalue weighted by Gasteiger charge is -2.06. The fraction of sp³-hybridized carbons (Fsp3) is 0.263. The van der Waals surface area contributed by atoms with Crippen molar-refractivity contribution in [2.75, 3.05) is 0 Å². The van der Waals surface area contributed by atoms with E-state index in [0.717, 1.165) is 35.1 Å². The van der Waals surface area contributed by atoms with Gasteiger partial charge in [0, 0.05) is 24.3 Å². The van der Waals surface area contributed by atoms with Gasteiger partial charge in [0.25, 0.3) is 0 Å². The quantitative estimate of drug-likeness (QED) is 0.301. The van der Waals surface area contributed by atoms with Gasteiger partial charge in [-0.2, -0.15) is 0 Å². The molecule has 0 aliphatic heterocycles. The number of aryl methyl sites for hydroxylation is 2. The van der Waals surface area contributed by atoms with E-state index in [2.05, 4.69) is 36.4 Å². The van der Waals surface area contributed by atoms with Crippen LogP contribution in [0.3, 0.4) is 0 Å². The monoisotopic (exact) mass is 548 g/mol. The average molecular weight is 548 g/mol. The van der Waals surface area contributed by atoms with Gasteiger partial charge in [-0.15, -0.1) is 0 Å². The summed E-state index contributed by atoms with van der Waals surface area (Å²) in [5, 5.41) is 10.5. The molecule has 3 nitrogen and oxygen atoms in total. The van der Waals surface area contributed by atoms with Crippen molar-refractivity contribution < 1.29 is 62.2 Å². The molecule has 1 aliphatic carbocycles. The van der Waals surface area contributed by atoms with Gasteiger partial charge in [-0.25, -0.2) is 9.13 Å². The van der Waals surface area contributed by atoms with Crippen molar-refractivity contribution in [2.45, 2.75) is 18.9 Å². The maximum atomic E-state index is 10.5. The largest absolute Gasteiger partial charge is 1.00 e. The number of aliphatic hydroxyl groups excluding tert-OH is 1. The van der Waals surface area contributed by atoms with E-state index >= 15 is 0 Å². The Morgan fingerprint density at radius 3 is 1.46 bits per heavy atom. The van der Waals surface area contributed by atoms with Gasteiger partial charge < -0.3 is 53.1 Å². The molecule has 5 heteroatoms. The molecule has 2 heterocycles. The summed E-state index contributed by atoms with van der Waals surface area (Å²) in [6.07, 6.45) is 13.7. The molecule has 1 N–H and O–H groups in total. The number of hydrogen-bond donors (Lipinski definition) is 1. The molecule has 128 valence electrons. The van der Waals surface area contributed by atoms with Gasteiger partial charge in [0.2, 0.25) is 0 Å². The second-order valence-corrected chi connectivity index (χ2v) is 5.93. The summed E-state index contributed by atoms with van der Waals surface area (Å²) in [6, 6.07) is 8.27. The molecule has 0 aromatic carbocycles. The summed E-state index contributed by atoms with van der Waals surface area (Å²) < 4.78 is 4.02. The van der Waals surface area contributed by atoms with E-state index in [1.807, 2.05) is 48.0 Å². The highest BCUT2D eigenvalue weighted by molar-refractivity contribution is 5.61. The van der Waals surface area contributed by atoms with Crippen molar-refractivity contribution in [1.82, 2.24) is 0 Å². The van der Waals surface area contributed by atoms with Gasteiger partial charge in [0.05, 0.1) is 6.10 Å². The van der Waals surface area contributed by atoms with Gasteiger partial charge in [-0.1, -0.05) is 12.2 Å². The number of rotatable bonds is 2. The SMILES string of the molecule is C[n+]1ccc(/C=C2/CC/C(=C\c3cc[n+](C)cc3)C2O)cc1.[I-].[I-]. The van der Waals surface area contributed by atoms with Gasteiger partial charge in [0.15, 0.2) is 24.8 Å². The topological polar surface area (TPSA) is 28.0 Å². The van der Waals surface area contributed by atoms with Crippen LogP contribution in [0.2, 0.25) is 0 Å². The Bertz CT molecular complexity index is 659. The Morgan fingerprint density at radius 2 is 1.12 bits per heavy atom. The molecule has 1 unspecified atom stereocenters. The molecule has 1 saturated carbocycles. The molecular weight excluding hydrogens is 526 g/mol. The molecule has 24 heavy (non-hydrogen) atoms. The van der Waals surface area contributed by atoms with Crippen LogP contribution < -0.4 is 57.1 Å². The van der Waals surface area contributed by atoms with Crippen LogP contribution in [-0.4, -0.2) is 11.2 Å². The highest BCUT2D eigenvalue weighted by Gasteiger charge is 2.23. The third-order valence-electron chi connectivity index (χ3n) is 4.12. The molecule has 1 aliphatic rings. The zero-order valence-electron chi connectivity index (χ0n) is 13.9. The zero-order chi connectivity index (χ0) is 15.5. The smallest absolute Gasteiger partial charge is 0.169 e. The minimum absolute atomic E-state index is 0. The third kappa shape index (κ3) is 5.35. The van der Waals surface area contributed by atoms with Gasteiger partial charge >= 0.3 is 0 Å². The zero-order valence-corrected chi connectivity index (χ0v) is 18.2. The fourth-order valence-corrected chi connectivity index (χ4v) is 2.75. The normalized spacial score (nSPS) is 19.9. The summed E-state index contributed by atoms with van der Waals surface area (Å²) in [5.74, 6) is 0. The predicted octanol–water partition coefficient (Wildman–Crippen LogP) is -4.03. The lowest BCUT2D eigenvalue weighted by Crippen LogP contribution is -3.00. The first-order chi connectivity index (χ1) is 10.6. The summed E-state index contributed by atoms with van der Waals surface area (Å²) in [5.41, 5.74) is 4.48. The Balaban J connectivity index is 0.00000144. The second kappa shape index (κ2) is 9.62. The van der Waals surface area contributed by atoms with Crippen LogP contribution in [0.1, 0.15) is 24.0 Å². The Hall–Kier alpha value is -0.800. The van der Waals surface area contributed by atoms with Gasteiger partial charge in [0.1, 0.15) is 14.1 Å². The molecule has 0 saturated heterocycles. The molecular formula is C19H22I2N2O. The molecule has 2 aromatic rings. The summed E-state index contributed by atoms with van der Waals surface area (Å²) >= 11 is 0. The standard InChI is InChI=1S/C19H22N2O.2HI/c1-20-9-5-15(6-10-20)13-17-3-4-18(19(17)22)14-16-7-11-21(2)12-8-16;;/h5-14,19,22H,3-4H2,1-2H3;2*1H/q+2;;/p-2/b17-13-,18-14+;;. The van der Waals surface area contributed by atoms with E-state index in [0.29, 0.717) is 0 Å². The lowest BCUT2D eigenvalue weighted by atomic mass is 10.1. The molecule has 2 aromatic heterocycles. The molecule has 1 atom stereocenters. The molecule has 3 rings (SSSR count). The number of hydrogen-bond acceptors (Lipinski definition) is 1. The van der Waals surface area contributed by atoms with E-state index < -0.39 is 6.10 Å². The number of halogens is 2. The van der Waals surface area contributed by atoms with Crippen LogP contribution >= 0.6 is 0 Å². The van der Waals surface area contributed by atoms with Crippen LogP contribution in [0, 0.1) is 0 Å². The molecule has 0 amide bonds. The second-order valence-electron chi connectivity index (χ2n) is 5.93. The van der Waals surface area contributed by atoms with E-state index in [9.17, 15) is 5.11 Å². The minimum Gasteiger partial charge on any atom is -1.00 e. The Morgan fingerprint density at radius 1 is 0.792 bits per heavy atom. The third-order valence-corrected chi connectivity index (χ3v) is 4.12. The van der Waals surface area contributed by atoms with Crippen LogP contribution in [0.5, 0.6) is 0 Å². The van der Waals surface area contributed by atoms with Crippen molar-refractivity contribution in [2.24, 2.45) is 14.1 Å². The van der Waals surface area contributed by atoms with E-state index in [4.69, 9.17) is 0 Å². The van der Waals surface area contributed by atoms with Crippen molar-refractivity contribution in [3.05, 3.63) is 71.3 Å². The van der Waals surface area contributed by atoms with Crippen LogP contribution in [-0.2, 0) is 14.1 Å². The Labute approximate surface area is 177 Å². The van der Waals surface area contributed by atoms with E-state index in [1.165, 1.54) is 0 Å². The van der Waals surface area contributed by atoms with E-state index in [1.54, 1.807) is 0 Å². The van der Waals surface area contributed by atoms with E-state index in [-0.39, 0.29) is 48.0 Å². The first kappa shape index (κ1) is 21.2. The van der Waals surface area contributed by atoms with Crippen LogP contribution in [0.4, 0.5) is 0 Å². The Kier molecular flexibility index (Phi) is 8.52. The highest BCUT2D eigenvalue weighted by Crippen LogP contribution is 2.32. The maximum absolute atomic E-state index is 10.5. The highest BCUT2D eigenvalue weighted by atomic mass is 127. The summed E-state index contributed by atoms with van der Waals surface area (Å²) in [7, 11) is 4.00. The molecule has 0 radical (unpaired) electrons. The molecule has 0 bridgehead atoms. The lowest BCUT2D eigenvalue weighted by molar-refractivity contribution is -0.671. The first-order valence-electron chi connectivity index (χ1n) is 7.61. The summed E-state index contributed by atoms with van der Waals surface area (Å²) in [6.45, 7) is 0. The van der Waals surface area contributed by atoms with Crippen molar-refractivity contribution >= 4 is 12.2 Å². The molecule has 1 fully saturated rings. The van der Waals surface area contributed by atoms with Gasteiger partial charge in [-0.3, -0.25) is 0 Å². The predicted molar refractivity (Wildman–Crippen MR) is 86.4 cm³/mol. The average Bonchev–Trinajstić information content (AvgIpc) is 2.85. The fourth-order valence-electron chi connectivity index (χ4n) is 2.75. The van der Waals surface area contributed by atoms with Crippen molar-refractivity contribution in [1.29, 1.82) is 0 Å². The first-order valence-corrected chi connectivity index (χ1v) is 7.61. The number of aromatic nitrogens is 2. The van der Waals surface area contributed by atoms with Crippen LogP contribution in [0.25, 0.3) is 12.2 Å². The van der Waals surface area contributed by atoms with Gasteiger partial charge in [-0.05, 0) is 35.1 Å². The number of aliphatic hydroxyl groups is 1. The molecule has 0 spiro atoms. The number of nitrogens with zero attached hydrogens (tertiary/aromatic N) is 2. The minimum atomic E-state index is -0.456. The number of pyridine rings is 2.